The molecule has 0 unspecified atom stereocenters. The van der Waals surface area contributed by atoms with Crippen LogP contribution in [-0.2, 0) is 0 Å². The standard InChI is InChI=1S/C15H17BrN2O/c16-11-5-3-4-10(8-11)14(19)9-15-17-12-6-1-2-7-13(12)18-15/h3-5,8-9,12-13,17-18H,1-2,6-7H2/t12-,13+. The van der Waals surface area contributed by atoms with Gasteiger partial charge in [0.15, 0.2) is 5.78 Å². The van der Waals surface area contributed by atoms with Crippen molar-refractivity contribution in [2.75, 3.05) is 0 Å². The number of carbonyl (C=O) groups excluding carboxylic acids is 1. The number of benzene rings is 1. The van der Waals surface area contributed by atoms with Gasteiger partial charge in [-0.2, -0.15) is 0 Å². The molecule has 0 radical (unpaired) electrons. The fourth-order valence-electron chi connectivity index (χ4n) is 2.86. The molecule has 0 aromatic heterocycles. The van der Waals surface area contributed by atoms with E-state index in [1.165, 1.54) is 25.7 Å². The van der Waals surface area contributed by atoms with E-state index in [1.54, 1.807) is 6.08 Å². The number of nitrogens with one attached hydrogen (secondary N) is 2. The number of rotatable bonds is 2. The second-order valence-electron chi connectivity index (χ2n) is 5.22. The van der Waals surface area contributed by atoms with Crippen molar-refractivity contribution in [2.45, 2.75) is 37.8 Å². The minimum absolute atomic E-state index is 0.0370. The summed E-state index contributed by atoms with van der Waals surface area (Å²) >= 11 is 3.39. The number of hydrogen-bond acceptors (Lipinski definition) is 3. The Morgan fingerprint density at radius 2 is 1.89 bits per heavy atom. The lowest BCUT2D eigenvalue weighted by Gasteiger charge is -2.23. The van der Waals surface area contributed by atoms with E-state index in [2.05, 4.69) is 26.6 Å². The highest BCUT2D eigenvalue weighted by Gasteiger charge is 2.31. The van der Waals surface area contributed by atoms with Crippen molar-refractivity contribution in [3.8, 4) is 0 Å². The van der Waals surface area contributed by atoms with E-state index in [4.69, 9.17) is 0 Å². The van der Waals surface area contributed by atoms with Crippen molar-refractivity contribution in [2.24, 2.45) is 0 Å². The molecule has 0 bridgehead atoms. The first kappa shape index (κ1) is 12.7. The molecular formula is C15H17BrN2O. The van der Waals surface area contributed by atoms with Gasteiger partial charge in [0.05, 0.1) is 0 Å². The third kappa shape index (κ3) is 2.84. The highest BCUT2D eigenvalue weighted by Crippen LogP contribution is 2.24. The summed E-state index contributed by atoms with van der Waals surface area (Å²) in [6, 6.07) is 8.48. The van der Waals surface area contributed by atoms with Crippen molar-refractivity contribution in [3.05, 3.63) is 46.2 Å². The minimum Gasteiger partial charge on any atom is -0.367 e. The molecule has 1 aromatic rings. The lowest BCUT2D eigenvalue weighted by molar-refractivity contribution is 0.104. The van der Waals surface area contributed by atoms with E-state index in [0.29, 0.717) is 17.6 Å². The van der Waals surface area contributed by atoms with Gasteiger partial charge >= 0.3 is 0 Å². The number of allylic oxidation sites excluding steroid dienone is 1. The molecule has 2 N–H and O–H groups in total. The predicted octanol–water partition coefficient (Wildman–Crippen LogP) is 2.98. The minimum atomic E-state index is 0.0370. The molecule has 3 rings (SSSR count). The average molecular weight is 321 g/mol. The maximum Gasteiger partial charge on any atom is 0.189 e. The summed E-state index contributed by atoms with van der Waals surface area (Å²) in [5.74, 6) is 0.914. The van der Waals surface area contributed by atoms with Crippen LogP contribution in [0.5, 0.6) is 0 Å². The van der Waals surface area contributed by atoms with Crippen molar-refractivity contribution in [1.82, 2.24) is 10.6 Å². The van der Waals surface area contributed by atoms with Crippen LogP contribution in [0.1, 0.15) is 36.0 Å². The first-order valence-corrected chi connectivity index (χ1v) is 7.56. The second kappa shape index (κ2) is 5.37. The number of carbonyl (C=O) groups is 1. The Labute approximate surface area is 121 Å². The third-order valence-corrected chi connectivity index (χ3v) is 4.33. The van der Waals surface area contributed by atoms with E-state index in [9.17, 15) is 4.79 Å². The quantitative estimate of drug-likeness (QED) is 0.650. The van der Waals surface area contributed by atoms with Crippen LogP contribution in [0.25, 0.3) is 0 Å². The molecule has 0 spiro atoms. The van der Waals surface area contributed by atoms with Gasteiger partial charge in [0.2, 0.25) is 0 Å². The molecule has 0 amide bonds. The topological polar surface area (TPSA) is 41.1 Å². The molecule has 2 fully saturated rings. The molecule has 3 nitrogen and oxygen atoms in total. The average Bonchev–Trinajstić information content (AvgIpc) is 2.80. The summed E-state index contributed by atoms with van der Waals surface area (Å²) in [6.45, 7) is 0. The van der Waals surface area contributed by atoms with E-state index in [1.807, 2.05) is 24.3 Å². The molecule has 19 heavy (non-hydrogen) atoms. The van der Waals surface area contributed by atoms with Crippen LogP contribution in [0.2, 0.25) is 0 Å². The number of ketones is 1. The molecule has 1 aliphatic heterocycles. The Morgan fingerprint density at radius 3 is 2.53 bits per heavy atom. The molecule has 2 aliphatic rings. The fourth-order valence-corrected chi connectivity index (χ4v) is 3.26. The Morgan fingerprint density at radius 1 is 1.21 bits per heavy atom. The first-order valence-electron chi connectivity index (χ1n) is 6.77. The number of hydrogen-bond donors (Lipinski definition) is 2. The molecule has 1 saturated carbocycles. The highest BCUT2D eigenvalue weighted by atomic mass is 79.9. The Bertz CT molecular complexity index is 511. The van der Waals surface area contributed by atoms with Gasteiger partial charge in [-0.25, -0.2) is 0 Å². The summed E-state index contributed by atoms with van der Waals surface area (Å²) in [5, 5.41) is 6.85. The van der Waals surface area contributed by atoms with Crippen LogP contribution in [0.3, 0.4) is 0 Å². The van der Waals surface area contributed by atoms with E-state index in [-0.39, 0.29) is 5.78 Å². The lowest BCUT2D eigenvalue weighted by Crippen LogP contribution is -2.36. The van der Waals surface area contributed by atoms with Crippen molar-refractivity contribution >= 4 is 21.7 Å². The summed E-state index contributed by atoms with van der Waals surface area (Å²) in [6.07, 6.45) is 6.63. The molecule has 2 atom stereocenters. The Balaban J connectivity index is 1.74. The van der Waals surface area contributed by atoms with Crippen molar-refractivity contribution in [1.29, 1.82) is 0 Å². The van der Waals surface area contributed by atoms with Gasteiger partial charge in [-0.05, 0) is 25.0 Å². The van der Waals surface area contributed by atoms with Gasteiger partial charge in [0, 0.05) is 28.2 Å². The zero-order chi connectivity index (χ0) is 13.2. The maximum absolute atomic E-state index is 12.2. The van der Waals surface area contributed by atoms with E-state index < -0.39 is 0 Å². The SMILES string of the molecule is O=C(C=C1N[C@H]2CCCC[C@H]2N1)c1cccc(Br)c1. The Kier molecular flexibility index (Phi) is 3.60. The molecule has 100 valence electrons. The van der Waals surface area contributed by atoms with Gasteiger partial charge in [0.25, 0.3) is 0 Å². The fraction of sp³-hybridized carbons (Fsp3) is 0.400. The van der Waals surface area contributed by atoms with Gasteiger partial charge < -0.3 is 10.6 Å². The lowest BCUT2D eigenvalue weighted by atomic mass is 9.92. The maximum atomic E-state index is 12.2. The van der Waals surface area contributed by atoms with Crippen LogP contribution in [0.15, 0.2) is 40.6 Å². The number of halogens is 1. The van der Waals surface area contributed by atoms with Gasteiger partial charge in [-0.15, -0.1) is 0 Å². The van der Waals surface area contributed by atoms with Gasteiger partial charge in [0.1, 0.15) is 5.82 Å². The normalized spacial score (nSPS) is 27.5. The second-order valence-corrected chi connectivity index (χ2v) is 6.13. The molecule has 1 heterocycles. The van der Waals surface area contributed by atoms with Crippen LogP contribution < -0.4 is 10.6 Å². The molecule has 1 aliphatic carbocycles. The van der Waals surface area contributed by atoms with Gasteiger partial charge in [-0.3, -0.25) is 4.79 Å². The third-order valence-electron chi connectivity index (χ3n) is 3.83. The monoisotopic (exact) mass is 320 g/mol. The smallest absolute Gasteiger partial charge is 0.189 e. The zero-order valence-corrected chi connectivity index (χ0v) is 12.2. The Hall–Kier alpha value is -1.29. The highest BCUT2D eigenvalue weighted by molar-refractivity contribution is 9.10. The predicted molar refractivity (Wildman–Crippen MR) is 78.9 cm³/mol. The summed E-state index contributed by atoms with van der Waals surface area (Å²) in [4.78, 5) is 12.2. The summed E-state index contributed by atoms with van der Waals surface area (Å²) < 4.78 is 0.928. The van der Waals surface area contributed by atoms with Crippen LogP contribution >= 0.6 is 15.9 Å². The molecule has 1 saturated heterocycles. The van der Waals surface area contributed by atoms with E-state index in [0.717, 1.165) is 10.3 Å². The first-order chi connectivity index (χ1) is 9.22. The summed E-state index contributed by atoms with van der Waals surface area (Å²) in [7, 11) is 0. The summed E-state index contributed by atoms with van der Waals surface area (Å²) in [5.41, 5.74) is 0.709. The number of fused-ring (bicyclic) bond motifs is 1. The van der Waals surface area contributed by atoms with Crippen molar-refractivity contribution < 1.29 is 4.79 Å². The van der Waals surface area contributed by atoms with Crippen LogP contribution in [0, 0.1) is 0 Å². The zero-order valence-electron chi connectivity index (χ0n) is 10.7. The van der Waals surface area contributed by atoms with Crippen LogP contribution in [-0.4, -0.2) is 17.9 Å². The molecule has 1 aromatic carbocycles. The largest absolute Gasteiger partial charge is 0.367 e. The van der Waals surface area contributed by atoms with Crippen LogP contribution in [0.4, 0.5) is 0 Å². The molecular weight excluding hydrogens is 304 g/mol. The van der Waals surface area contributed by atoms with Crippen molar-refractivity contribution in [3.63, 3.8) is 0 Å². The molecule has 4 heteroatoms. The van der Waals surface area contributed by atoms with Gasteiger partial charge in [-0.1, -0.05) is 40.9 Å². The van der Waals surface area contributed by atoms with E-state index >= 15 is 0 Å².